The highest BCUT2D eigenvalue weighted by atomic mass is 16.5. The molecule has 0 spiro atoms. The predicted octanol–water partition coefficient (Wildman–Crippen LogP) is 3.29. The third-order valence-corrected chi connectivity index (χ3v) is 2.97. The number of rotatable bonds is 4. The molecule has 0 saturated heterocycles. The molecule has 2 aromatic rings. The molecule has 2 rings (SSSR count). The highest BCUT2D eigenvalue weighted by Gasteiger charge is 2.11. The van der Waals surface area contributed by atoms with E-state index in [-0.39, 0.29) is 0 Å². The van der Waals surface area contributed by atoms with Crippen LogP contribution in [0.15, 0.2) is 24.3 Å². The molecule has 106 valence electrons. The summed E-state index contributed by atoms with van der Waals surface area (Å²) in [6.07, 6.45) is 0. The molecule has 0 unspecified atom stereocenters. The van der Waals surface area contributed by atoms with E-state index in [2.05, 4.69) is 41.4 Å². The second-order valence-corrected chi connectivity index (χ2v) is 5.08. The Morgan fingerprint density at radius 1 is 1.15 bits per heavy atom. The van der Waals surface area contributed by atoms with Crippen molar-refractivity contribution >= 4 is 5.82 Å². The van der Waals surface area contributed by atoms with Gasteiger partial charge in [0.1, 0.15) is 17.4 Å². The summed E-state index contributed by atoms with van der Waals surface area (Å²) in [4.78, 5) is 8.42. The van der Waals surface area contributed by atoms with Crippen molar-refractivity contribution in [2.45, 2.75) is 33.6 Å². The molecule has 1 aromatic carbocycles. The number of nitrogen functional groups attached to an aromatic ring is 1. The standard InChI is InChI=1S/C15H20N4O/c1-9(2)12-6-5-10(3)7-13(12)20-15-8-14(19-16)17-11(4)18-15/h5-9H,16H2,1-4H3,(H,17,18,19). The maximum Gasteiger partial charge on any atom is 0.224 e. The monoisotopic (exact) mass is 272 g/mol. The Bertz CT molecular complexity index is 611. The van der Waals surface area contributed by atoms with Crippen molar-refractivity contribution in [1.29, 1.82) is 0 Å². The second kappa shape index (κ2) is 5.88. The Balaban J connectivity index is 2.38. The zero-order chi connectivity index (χ0) is 14.7. The van der Waals surface area contributed by atoms with Crippen molar-refractivity contribution in [2.75, 3.05) is 5.43 Å². The number of hydrogen-bond donors (Lipinski definition) is 2. The molecule has 0 aliphatic carbocycles. The summed E-state index contributed by atoms with van der Waals surface area (Å²) in [5, 5.41) is 0. The predicted molar refractivity (Wildman–Crippen MR) is 79.9 cm³/mol. The fourth-order valence-electron chi connectivity index (χ4n) is 1.99. The number of nitrogens with two attached hydrogens (primary N) is 1. The van der Waals surface area contributed by atoms with Crippen LogP contribution in [-0.4, -0.2) is 9.97 Å². The van der Waals surface area contributed by atoms with E-state index in [1.165, 1.54) is 0 Å². The van der Waals surface area contributed by atoms with Crippen molar-refractivity contribution in [2.24, 2.45) is 5.84 Å². The molecule has 5 heteroatoms. The van der Waals surface area contributed by atoms with E-state index in [9.17, 15) is 0 Å². The first-order chi connectivity index (χ1) is 9.49. The highest BCUT2D eigenvalue weighted by molar-refractivity contribution is 5.43. The molecule has 0 aliphatic rings. The molecule has 0 amide bonds. The molecule has 0 bridgehead atoms. The first-order valence-electron chi connectivity index (χ1n) is 6.60. The van der Waals surface area contributed by atoms with Crippen LogP contribution in [0.2, 0.25) is 0 Å². The second-order valence-electron chi connectivity index (χ2n) is 5.08. The molecule has 0 atom stereocenters. The SMILES string of the molecule is Cc1ccc(C(C)C)c(Oc2cc(NN)nc(C)n2)c1. The van der Waals surface area contributed by atoms with Gasteiger partial charge in [-0.3, -0.25) is 0 Å². The summed E-state index contributed by atoms with van der Waals surface area (Å²) < 4.78 is 5.93. The number of aromatic nitrogens is 2. The largest absolute Gasteiger partial charge is 0.439 e. The average molecular weight is 272 g/mol. The van der Waals surface area contributed by atoms with Crippen molar-refractivity contribution in [1.82, 2.24) is 9.97 Å². The lowest BCUT2D eigenvalue weighted by atomic mass is 10.0. The van der Waals surface area contributed by atoms with E-state index < -0.39 is 0 Å². The quantitative estimate of drug-likeness (QED) is 0.660. The normalized spacial score (nSPS) is 10.7. The molecule has 0 fully saturated rings. The van der Waals surface area contributed by atoms with Crippen molar-refractivity contribution in [3.8, 4) is 11.6 Å². The number of hydrogen-bond acceptors (Lipinski definition) is 5. The van der Waals surface area contributed by atoms with Crippen molar-refractivity contribution < 1.29 is 4.74 Å². The van der Waals surface area contributed by atoms with E-state index in [1.807, 2.05) is 13.0 Å². The maximum atomic E-state index is 5.93. The molecule has 20 heavy (non-hydrogen) atoms. The fourth-order valence-corrected chi connectivity index (χ4v) is 1.99. The van der Waals surface area contributed by atoms with Crippen LogP contribution in [0.3, 0.4) is 0 Å². The Morgan fingerprint density at radius 2 is 1.90 bits per heavy atom. The number of nitrogens with zero attached hydrogens (tertiary/aromatic N) is 2. The van der Waals surface area contributed by atoms with Crippen LogP contribution in [0.4, 0.5) is 5.82 Å². The molecular formula is C15H20N4O. The summed E-state index contributed by atoms with van der Waals surface area (Å²) >= 11 is 0. The van der Waals surface area contributed by atoms with Crippen molar-refractivity contribution in [3.63, 3.8) is 0 Å². The number of hydrazine groups is 1. The maximum absolute atomic E-state index is 5.93. The molecule has 0 radical (unpaired) electrons. The molecule has 5 nitrogen and oxygen atoms in total. The molecule has 0 saturated carbocycles. The summed E-state index contributed by atoms with van der Waals surface area (Å²) in [6, 6.07) is 7.87. The highest BCUT2D eigenvalue weighted by Crippen LogP contribution is 2.31. The van der Waals surface area contributed by atoms with Crippen LogP contribution in [0.5, 0.6) is 11.6 Å². The third-order valence-electron chi connectivity index (χ3n) is 2.97. The molecule has 3 N–H and O–H groups in total. The van der Waals surface area contributed by atoms with E-state index in [1.54, 1.807) is 13.0 Å². The first kappa shape index (κ1) is 14.3. The van der Waals surface area contributed by atoms with Gasteiger partial charge in [-0.05, 0) is 37.0 Å². The van der Waals surface area contributed by atoms with Gasteiger partial charge in [0.25, 0.3) is 0 Å². The van der Waals surface area contributed by atoms with E-state index in [4.69, 9.17) is 10.6 Å². The van der Waals surface area contributed by atoms with Crippen LogP contribution in [0.25, 0.3) is 0 Å². The topological polar surface area (TPSA) is 73.1 Å². The first-order valence-corrected chi connectivity index (χ1v) is 6.60. The summed E-state index contributed by atoms with van der Waals surface area (Å²) in [6.45, 7) is 8.10. The molecule has 1 heterocycles. The smallest absolute Gasteiger partial charge is 0.224 e. The van der Waals surface area contributed by atoms with Gasteiger partial charge in [0.05, 0.1) is 0 Å². The zero-order valence-corrected chi connectivity index (χ0v) is 12.3. The molecule has 1 aromatic heterocycles. The van der Waals surface area contributed by atoms with Gasteiger partial charge in [0, 0.05) is 6.07 Å². The van der Waals surface area contributed by atoms with Crippen LogP contribution < -0.4 is 16.0 Å². The third kappa shape index (κ3) is 3.24. The Hall–Kier alpha value is -2.14. The number of nitrogens with one attached hydrogen (secondary N) is 1. The van der Waals surface area contributed by atoms with Gasteiger partial charge in [0.15, 0.2) is 0 Å². The van der Waals surface area contributed by atoms with Gasteiger partial charge >= 0.3 is 0 Å². The van der Waals surface area contributed by atoms with Crippen LogP contribution in [0, 0.1) is 13.8 Å². The van der Waals surface area contributed by atoms with Crippen molar-refractivity contribution in [3.05, 3.63) is 41.2 Å². The summed E-state index contributed by atoms with van der Waals surface area (Å²) in [7, 11) is 0. The number of ether oxygens (including phenoxy) is 1. The van der Waals surface area contributed by atoms with Gasteiger partial charge in [-0.2, -0.15) is 4.98 Å². The molecule has 0 aliphatic heterocycles. The minimum atomic E-state index is 0.376. The number of benzene rings is 1. The lowest BCUT2D eigenvalue weighted by Gasteiger charge is -2.14. The molecular weight excluding hydrogens is 252 g/mol. The van der Waals surface area contributed by atoms with Crippen LogP contribution in [0.1, 0.15) is 36.7 Å². The van der Waals surface area contributed by atoms with Gasteiger partial charge in [0.2, 0.25) is 5.88 Å². The lowest BCUT2D eigenvalue weighted by Crippen LogP contribution is -2.10. The number of aryl methyl sites for hydroxylation is 2. The minimum Gasteiger partial charge on any atom is -0.439 e. The Labute approximate surface area is 119 Å². The van der Waals surface area contributed by atoms with Crippen LogP contribution >= 0.6 is 0 Å². The fraction of sp³-hybridized carbons (Fsp3) is 0.333. The lowest BCUT2D eigenvalue weighted by molar-refractivity contribution is 0.451. The minimum absolute atomic E-state index is 0.376. The van der Waals surface area contributed by atoms with E-state index in [0.29, 0.717) is 23.4 Å². The van der Waals surface area contributed by atoms with Gasteiger partial charge in [-0.1, -0.05) is 26.0 Å². The van der Waals surface area contributed by atoms with E-state index in [0.717, 1.165) is 16.9 Å². The Kier molecular flexibility index (Phi) is 4.20. The van der Waals surface area contributed by atoms with Crippen LogP contribution in [-0.2, 0) is 0 Å². The van der Waals surface area contributed by atoms with Gasteiger partial charge in [-0.25, -0.2) is 10.8 Å². The summed E-state index contributed by atoms with van der Waals surface area (Å²) in [5.41, 5.74) is 4.80. The van der Waals surface area contributed by atoms with E-state index >= 15 is 0 Å². The summed E-state index contributed by atoms with van der Waals surface area (Å²) in [5.74, 6) is 8.21. The zero-order valence-electron chi connectivity index (χ0n) is 12.3. The number of anilines is 1. The Morgan fingerprint density at radius 3 is 2.55 bits per heavy atom. The van der Waals surface area contributed by atoms with Gasteiger partial charge < -0.3 is 10.2 Å². The average Bonchev–Trinajstić information content (AvgIpc) is 2.37. The van der Waals surface area contributed by atoms with Gasteiger partial charge in [-0.15, -0.1) is 0 Å².